The summed E-state index contributed by atoms with van der Waals surface area (Å²) in [5, 5.41) is 0. The van der Waals surface area contributed by atoms with Crippen LogP contribution >= 0.6 is 0 Å². The lowest BCUT2D eigenvalue weighted by Gasteiger charge is -2.35. The minimum absolute atomic E-state index is 0.157. The van der Waals surface area contributed by atoms with Gasteiger partial charge in [0.1, 0.15) is 5.75 Å². The van der Waals surface area contributed by atoms with Gasteiger partial charge in [0, 0.05) is 12.3 Å². The Bertz CT molecular complexity index is 770. The molecule has 0 aliphatic heterocycles. The highest BCUT2D eigenvalue weighted by molar-refractivity contribution is 5.72. The molecule has 0 radical (unpaired) electrons. The van der Waals surface area contributed by atoms with Crippen LogP contribution in [0.2, 0.25) is 0 Å². The molecule has 144 valence electrons. The average molecular weight is 369 g/mol. The number of hydrogen-bond donors (Lipinski definition) is 0. The first-order valence-electron chi connectivity index (χ1n) is 9.38. The molecule has 1 heterocycles. The molecular formula is C22H27NO4. The van der Waals surface area contributed by atoms with Gasteiger partial charge in [-0.2, -0.15) is 0 Å². The van der Waals surface area contributed by atoms with Crippen LogP contribution in [0, 0.1) is 11.8 Å². The lowest BCUT2D eigenvalue weighted by molar-refractivity contribution is -0.144. The van der Waals surface area contributed by atoms with Crippen molar-refractivity contribution >= 4 is 5.97 Å². The molecule has 5 nitrogen and oxygen atoms in total. The summed E-state index contributed by atoms with van der Waals surface area (Å²) in [5.74, 6) is 2.31. The Morgan fingerprint density at radius 3 is 2.78 bits per heavy atom. The molecule has 0 bridgehead atoms. The van der Waals surface area contributed by atoms with Crippen molar-refractivity contribution in [2.24, 2.45) is 11.8 Å². The second kappa shape index (κ2) is 8.89. The first-order valence-corrected chi connectivity index (χ1v) is 9.38. The van der Waals surface area contributed by atoms with Gasteiger partial charge in [0.05, 0.1) is 26.7 Å². The van der Waals surface area contributed by atoms with E-state index < -0.39 is 0 Å². The number of benzene rings is 1. The van der Waals surface area contributed by atoms with E-state index in [0.29, 0.717) is 30.7 Å². The van der Waals surface area contributed by atoms with Crippen LogP contribution in [0.4, 0.5) is 0 Å². The van der Waals surface area contributed by atoms with Crippen molar-refractivity contribution in [2.75, 3.05) is 20.8 Å². The molecule has 1 aromatic carbocycles. The zero-order valence-electron chi connectivity index (χ0n) is 16.2. The van der Waals surface area contributed by atoms with Gasteiger partial charge in [0.2, 0.25) is 5.88 Å². The van der Waals surface area contributed by atoms with E-state index in [1.54, 1.807) is 13.3 Å². The molecule has 1 aliphatic carbocycles. The SMILES string of the molecule is COC(=O)C(C)Cc1cccc(OCC2CC(c3ccnc(OC)c3)C2)c1. The lowest BCUT2D eigenvalue weighted by Crippen LogP contribution is -2.27. The number of rotatable bonds is 8. The molecule has 1 atom stereocenters. The van der Waals surface area contributed by atoms with Gasteiger partial charge in [-0.05, 0) is 60.4 Å². The van der Waals surface area contributed by atoms with E-state index in [1.165, 1.54) is 12.7 Å². The van der Waals surface area contributed by atoms with Gasteiger partial charge in [-0.1, -0.05) is 19.1 Å². The molecule has 0 N–H and O–H groups in total. The Kier molecular flexibility index (Phi) is 6.32. The number of aromatic nitrogens is 1. The molecule has 0 spiro atoms. The molecule has 0 amide bonds. The fourth-order valence-electron chi connectivity index (χ4n) is 3.55. The maximum absolute atomic E-state index is 11.6. The van der Waals surface area contributed by atoms with Crippen LogP contribution < -0.4 is 9.47 Å². The van der Waals surface area contributed by atoms with Gasteiger partial charge in [-0.3, -0.25) is 4.79 Å². The third-order valence-electron chi connectivity index (χ3n) is 5.20. The molecule has 1 saturated carbocycles. The summed E-state index contributed by atoms with van der Waals surface area (Å²) in [6.07, 6.45) is 4.69. The van der Waals surface area contributed by atoms with Crippen LogP contribution in [0.15, 0.2) is 42.6 Å². The molecular weight excluding hydrogens is 342 g/mol. The van der Waals surface area contributed by atoms with E-state index in [1.807, 2.05) is 37.3 Å². The smallest absolute Gasteiger partial charge is 0.308 e. The molecule has 0 saturated heterocycles. The maximum Gasteiger partial charge on any atom is 0.308 e. The Morgan fingerprint density at radius 1 is 1.22 bits per heavy atom. The highest BCUT2D eigenvalue weighted by Gasteiger charge is 2.31. The van der Waals surface area contributed by atoms with E-state index in [2.05, 4.69) is 11.1 Å². The molecule has 27 heavy (non-hydrogen) atoms. The summed E-state index contributed by atoms with van der Waals surface area (Å²) in [4.78, 5) is 15.7. The third-order valence-corrected chi connectivity index (χ3v) is 5.20. The van der Waals surface area contributed by atoms with Crippen molar-refractivity contribution in [3.8, 4) is 11.6 Å². The van der Waals surface area contributed by atoms with E-state index in [4.69, 9.17) is 14.2 Å². The molecule has 3 rings (SSSR count). The quantitative estimate of drug-likeness (QED) is 0.658. The molecule has 1 aliphatic rings. The van der Waals surface area contributed by atoms with Gasteiger partial charge < -0.3 is 14.2 Å². The Hall–Kier alpha value is -2.56. The van der Waals surface area contributed by atoms with Crippen molar-refractivity contribution in [1.82, 2.24) is 4.98 Å². The Balaban J connectivity index is 1.47. The topological polar surface area (TPSA) is 57.7 Å². The number of nitrogens with zero attached hydrogens (tertiary/aromatic N) is 1. The second-order valence-electron chi connectivity index (χ2n) is 7.25. The summed E-state index contributed by atoms with van der Waals surface area (Å²) in [6.45, 7) is 2.59. The monoisotopic (exact) mass is 369 g/mol. The van der Waals surface area contributed by atoms with Crippen LogP contribution in [0.1, 0.15) is 36.8 Å². The highest BCUT2D eigenvalue weighted by atomic mass is 16.5. The minimum Gasteiger partial charge on any atom is -0.493 e. The molecule has 1 aromatic heterocycles. The van der Waals surface area contributed by atoms with E-state index >= 15 is 0 Å². The summed E-state index contributed by atoms with van der Waals surface area (Å²) in [7, 11) is 3.07. The second-order valence-corrected chi connectivity index (χ2v) is 7.25. The number of pyridine rings is 1. The average Bonchev–Trinajstić information content (AvgIpc) is 2.66. The van der Waals surface area contributed by atoms with Gasteiger partial charge in [-0.15, -0.1) is 0 Å². The van der Waals surface area contributed by atoms with Crippen LogP contribution in [0.3, 0.4) is 0 Å². The van der Waals surface area contributed by atoms with Gasteiger partial charge in [0.15, 0.2) is 0 Å². The zero-order chi connectivity index (χ0) is 19.2. The summed E-state index contributed by atoms with van der Waals surface area (Å²) < 4.78 is 16.0. The Morgan fingerprint density at radius 2 is 2.04 bits per heavy atom. The fourth-order valence-corrected chi connectivity index (χ4v) is 3.55. The van der Waals surface area contributed by atoms with Crippen LogP contribution in [-0.2, 0) is 16.0 Å². The number of carbonyl (C=O) groups is 1. The summed E-state index contributed by atoms with van der Waals surface area (Å²) in [5.41, 5.74) is 2.37. The van der Waals surface area contributed by atoms with Crippen molar-refractivity contribution < 1.29 is 19.0 Å². The predicted molar refractivity (Wildman–Crippen MR) is 103 cm³/mol. The third kappa shape index (κ3) is 5.00. The molecule has 2 aromatic rings. The number of esters is 1. The van der Waals surface area contributed by atoms with Gasteiger partial charge >= 0.3 is 5.97 Å². The number of hydrogen-bond acceptors (Lipinski definition) is 5. The fraction of sp³-hybridized carbons (Fsp3) is 0.455. The predicted octanol–water partition coefficient (Wildman–Crippen LogP) is 4.01. The van der Waals surface area contributed by atoms with E-state index in [0.717, 1.165) is 24.2 Å². The van der Waals surface area contributed by atoms with E-state index in [9.17, 15) is 4.79 Å². The first-order chi connectivity index (χ1) is 13.1. The Labute approximate surface area is 160 Å². The van der Waals surface area contributed by atoms with Crippen molar-refractivity contribution in [3.63, 3.8) is 0 Å². The minimum atomic E-state index is -0.186. The largest absolute Gasteiger partial charge is 0.493 e. The standard InChI is InChI=1S/C22H27NO4/c1-15(22(24)26-3)9-16-5-4-6-20(12-16)27-14-17-10-19(11-17)18-7-8-23-21(13-18)25-2/h4-8,12-13,15,17,19H,9-11,14H2,1-3H3. The lowest BCUT2D eigenvalue weighted by atomic mass is 9.72. The number of carbonyl (C=O) groups excluding carboxylic acids is 1. The number of methoxy groups -OCH3 is 2. The summed E-state index contributed by atoms with van der Waals surface area (Å²) in [6, 6.07) is 12.1. The maximum atomic E-state index is 11.6. The zero-order valence-corrected chi connectivity index (χ0v) is 16.2. The van der Waals surface area contributed by atoms with Crippen molar-refractivity contribution in [3.05, 3.63) is 53.7 Å². The number of ether oxygens (including phenoxy) is 3. The van der Waals surface area contributed by atoms with Crippen LogP contribution in [-0.4, -0.2) is 31.8 Å². The van der Waals surface area contributed by atoms with Crippen molar-refractivity contribution in [2.45, 2.75) is 32.1 Å². The molecule has 1 unspecified atom stereocenters. The molecule has 5 heteroatoms. The normalized spacial score (nSPS) is 19.7. The van der Waals surface area contributed by atoms with E-state index in [-0.39, 0.29) is 11.9 Å². The molecule has 1 fully saturated rings. The van der Waals surface area contributed by atoms with Crippen molar-refractivity contribution in [1.29, 1.82) is 0 Å². The van der Waals surface area contributed by atoms with Crippen LogP contribution in [0.5, 0.6) is 11.6 Å². The van der Waals surface area contributed by atoms with Gasteiger partial charge in [-0.25, -0.2) is 4.98 Å². The van der Waals surface area contributed by atoms with Crippen LogP contribution in [0.25, 0.3) is 0 Å². The van der Waals surface area contributed by atoms with Gasteiger partial charge in [0.25, 0.3) is 0 Å². The highest BCUT2D eigenvalue weighted by Crippen LogP contribution is 2.42. The first kappa shape index (κ1) is 19.2. The summed E-state index contributed by atoms with van der Waals surface area (Å²) >= 11 is 0.